The number of carbonyl (C=O) groups is 1. The van der Waals surface area contributed by atoms with Crippen LogP contribution in [0.2, 0.25) is 0 Å². The van der Waals surface area contributed by atoms with Crippen molar-refractivity contribution in [2.24, 2.45) is 0 Å². The van der Waals surface area contributed by atoms with Crippen LogP contribution in [0.15, 0.2) is 35.5 Å². The van der Waals surface area contributed by atoms with Gasteiger partial charge in [0.1, 0.15) is 11.4 Å². The average Bonchev–Trinajstić information content (AvgIpc) is 3.03. The Morgan fingerprint density at radius 3 is 3.04 bits per heavy atom. The summed E-state index contributed by atoms with van der Waals surface area (Å²) in [6.45, 7) is 0.881. The molecule has 1 aliphatic rings. The maximum absolute atomic E-state index is 13.4. The summed E-state index contributed by atoms with van der Waals surface area (Å²) >= 11 is 0. The smallest absolute Gasteiger partial charge is 0.259 e. The predicted molar refractivity (Wildman–Crippen MR) is 81.6 cm³/mol. The lowest BCUT2D eigenvalue weighted by molar-refractivity contribution is 0.0730. The lowest BCUT2D eigenvalue weighted by Gasteiger charge is -2.26. The fourth-order valence-electron chi connectivity index (χ4n) is 2.91. The number of rotatable bonds is 1. The summed E-state index contributed by atoms with van der Waals surface area (Å²) in [6, 6.07) is 3.90. The highest BCUT2D eigenvalue weighted by molar-refractivity contribution is 5.97. The number of fused-ring (bicyclic) bond motifs is 2. The number of hydrogen-bond acceptors (Lipinski definition) is 3. The van der Waals surface area contributed by atoms with Gasteiger partial charge in [-0.05, 0) is 18.2 Å². The predicted octanol–water partition coefficient (Wildman–Crippen LogP) is 1.59. The Balaban J connectivity index is 1.73. The molecule has 0 aliphatic carbocycles. The first-order chi connectivity index (χ1) is 11.1. The van der Waals surface area contributed by atoms with Crippen molar-refractivity contribution in [3.05, 3.63) is 63.7 Å². The topological polar surface area (TPSA) is 81.8 Å². The van der Waals surface area contributed by atoms with Crippen molar-refractivity contribution in [1.29, 1.82) is 0 Å². The standard InChI is InChI=1S/C16H13FN4O2/c17-9-1-2-12-10(5-9)15(22)11(6-18-12)16(23)21-4-3-13-14(7-21)20-8-19-13/h1-2,5-6,8H,3-4,7H2,(H,18,22)(H,19,20). The summed E-state index contributed by atoms with van der Waals surface area (Å²) < 4.78 is 13.4. The molecule has 0 spiro atoms. The molecule has 1 aliphatic heterocycles. The van der Waals surface area contributed by atoms with Crippen LogP contribution < -0.4 is 5.43 Å². The fourth-order valence-corrected chi connectivity index (χ4v) is 2.91. The number of aromatic nitrogens is 3. The van der Waals surface area contributed by atoms with E-state index in [0.29, 0.717) is 25.0 Å². The number of hydrogen-bond donors (Lipinski definition) is 2. The molecule has 0 saturated carbocycles. The molecule has 3 aromatic rings. The number of nitrogens with zero attached hydrogens (tertiary/aromatic N) is 2. The van der Waals surface area contributed by atoms with Gasteiger partial charge in [0.05, 0.1) is 24.3 Å². The van der Waals surface area contributed by atoms with Gasteiger partial charge in [-0.1, -0.05) is 0 Å². The summed E-state index contributed by atoms with van der Waals surface area (Å²) in [7, 11) is 0. The lowest BCUT2D eigenvalue weighted by atomic mass is 10.1. The summed E-state index contributed by atoms with van der Waals surface area (Å²) in [6.07, 6.45) is 3.64. The molecule has 0 atom stereocenters. The summed E-state index contributed by atoms with van der Waals surface area (Å²) in [4.78, 5) is 36.8. The Bertz CT molecular complexity index is 976. The number of H-pyrrole nitrogens is 2. The molecule has 116 valence electrons. The molecule has 2 aromatic heterocycles. The molecule has 6 nitrogen and oxygen atoms in total. The lowest BCUT2D eigenvalue weighted by Crippen LogP contribution is -2.38. The first-order valence-electron chi connectivity index (χ1n) is 7.25. The van der Waals surface area contributed by atoms with Crippen LogP contribution in [0.1, 0.15) is 21.7 Å². The van der Waals surface area contributed by atoms with Crippen molar-refractivity contribution in [3.63, 3.8) is 0 Å². The monoisotopic (exact) mass is 312 g/mol. The maximum Gasteiger partial charge on any atom is 0.259 e. The molecule has 7 heteroatoms. The van der Waals surface area contributed by atoms with Gasteiger partial charge < -0.3 is 14.9 Å². The normalized spacial score (nSPS) is 14.0. The van der Waals surface area contributed by atoms with Gasteiger partial charge in [0, 0.05) is 30.1 Å². The van der Waals surface area contributed by atoms with E-state index in [2.05, 4.69) is 15.0 Å². The number of carbonyl (C=O) groups excluding carboxylic acids is 1. The number of benzene rings is 1. The van der Waals surface area contributed by atoms with Crippen LogP contribution in [-0.2, 0) is 13.0 Å². The van der Waals surface area contributed by atoms with Gasteiger partial charge in [-0.2, -0.15) is 0 Å². The number of imidazole rings is 1. The Morgan fingerprint density at radius 1 is 1.30 bits per heavy atom. The molecular formula is C16H13FN4O2. The maximum atomic E-state index is 13.4. The number of amides is 1. The van der Waals surface area contributed by atoms with E-state index in [1.807, 2.05) is 0 Å². The largest absolute Gasteiger partial charge is 0.360 e. The van der Waals surface area contributed by atoms with Crippen molar-refractivity contribution in [3.8, 4) is 0 Å². The van der Waals surface area contributed by atoms with E-state index in [9.17, 15) is 14.0 Å². The number of aromatic amines is 2. The number of nitrogens with one attached hydrogen (secondary N) is 2. The molecule has 0 bridgehead atoms. The van der Waals surface area contributed by atoms with E-state index in [1.165, 1.54) is 18.3 Å². The molecule has 4 rings (SSSR count). The second-order valence-corrected chi connectivity index (χ2v) is 5.53. The van der Waals surface area contributed by atoms with Gasteiger partial charge in [-0.15, -0.1) is 0 Å². The Kier molecular flexibility index (Phi) is 3.00. The molecule has 2 N–H and O–H groups in total. The molecular weight excluding hydrogens is 299 g/mol. The quantitative estimate of drug-likeness (QED) is 0.716. The minimum Gasteiger partial charge on any atom is -0.360 e. The fraction of sp³-hybridized carbons (Fsp3) is 0.188. The molecule has 0 saturated heterocycles. The van der Waals surface area contributed by atoms with Crippen LogP contribution in [0.3, 0.4) is 0 Å². The zero-order valence-corrected chi connectivity index (χ0v) is 12.1. The van der Waals surface area contributed by atoms with Gasteiger partial charge in [-0.3, -0.25) is 9.59 Å². The van der Waals surface area contributed by atoms with E-state index < -0.39 is 11.2 Å². The van der Waals surface area contributed by atoms with E-state index >= 15 is 0 Å². The third-order valence-electron chi connectivity index (χ3n) is 4.14. The SMILES string of the molecule is O=C(c1c[nH]c2ccc(F)cc2c1=O)N1CCc2nc[nH]c2C1. The molecule has 0 fully saturated rings. The van der Waals surface area contributed by atoms with Crippen LogP contribution in [0.5, 0.6) is 0 Å². The van der Waals surface area contributed by atoms with Crippen molar-refractivity contribution >= 4 is 16.8 Å². The van der Waals surface area contributed by atoms with Gasteiger partial charge >= 0.3 is 0 Å². The third-order valence-corrected chi connectivity index (χ3v) is 4.14. The average molecular weight is 312 g/mol. The van der Waals surface area contributed by atoms with E-state index in [1.54, 1.807) is 11.2 Å². The minimum atomic E-state index is -0.507. The van der Waals surface area contributed by atoms with Gasteiger partial charge in [0.2, 0.25) is 5.43 Å². The van der Waals surface area contributed by atoms with Gasteiger partial charge in [-0.25, -0.2) is 9.37 Å². The second kappa shape index (κ2) is 5.05. The van der Waals surface area contributed by atoms with E-state index in [0.717, 1.165) is 17.5 Å². The van der Waals surface area contributed by atoms with Crippen LogP contribution in [0.4, 0.5) is 4.39 Å². The Labute approximate surface area is 130 Å². The van der Waals surface area contributed by atoms with Crippen LogP contribution in [0, 0.1) is 5.82 Å². The van der Waals surface area contributed by atoms with Crippen molar-refractivity contribution in [2.75, 3.05) is 6.54 Å². The highest BCUT2D eigenvalue weighted by atomic mass is 19.1. The van der Waals surface area contributed by atoms with Crippen LogP contribution in [0.25, 0.3) is 10.9 Å². The number of halogens is 1. The van der Waals surface area contributed by atoms with E-state index in [-0.39, 0.29) is 16.9 Å². The molecule has 0 radical (unpaired) electrons. The molecule has 3 heterocycles. The molecule has 1 amide bonds. The van der Waals surface area contributed by atoms with Gasteiger partial charge in [0.15, 0.2) is 0 Å². The zero-order chi connectivity index (χ0) is 16.0. The van der Waals surface area contributed by atoms with Gasteiger partial charge in [0.25, 0.3) is 5.91 Å². The summed E-state index contributed by atoms with van der Waals surface area (Å²) in [5.41, 5.74) is 1.89. The summed E-state index contributed by atoms with van der Waals surface area (Å²) in [5, 5.41) is 0.176. The third kappa shape index (κ3) is 2.21. The van der Waals surface area contributed by atoms with Crippen molar-refractivity contribution < 1.29 is 9.18 Å². The molecule has 0 unspecified atom stereocenters. The molecule has 1 aromatic carbocycles. The van der Waals surface area contributed by atoms with Crippen molar-refractivity contribution in [1.82, 2.24) is 19.9 Å². The summed E-state index contributed by atoms with van der Waals surface area (Å²) in [5.74, 6) is -0.870. The highest BCUT2D eigenvalue weighted by Gasteiger charge is 2.25. The Hall–Kier alpha value is -2.96. The minimum absolute atomic E-state index is 0.0195. The first kappa shape index (κ1) is 13.7. The second-order valence-electron chi connectivity index (χ2n) is 5.53. The van der Waals surface area contributed by atoms with Crippen LogP contribution >= 0.6 is 0 Å². The van der Waals surface area contributed by atoms with Crippen molar-refractivity contribution in [2.45, 2.75) is 13.0 Å². The van der Waals surface area contributed by atoms with Crippen LogP contribution in [-0.4, -0.2) is 32.3 Å². The number of pyridine rings is 1. The molecule has 23 heavy (non-hydrogen) atoms. The first-order valence-corrected chi connectivity index (χ1v) is 7.25. The zero-order valence-electron chi connectivity index (χ0n) is 12.1. The Morgan fingerprint density at radius 2 is 2.17 bits per heavy atom. The highest BCUT2D eigenvalue weighted by Crippen LogP contribution is 2.17. The van der Waals surface area contributed by atoms with E-state index in [4.69, 9.17) is 0 Å².